The normalized spacial score (nSPS) is 28.3. The smallest absolute Gasteiger partial charge is 0.213 e. The van der Waals surface area contributed by atoms with Crippen LogP contribution < -0.4 is 4.74 Å². The van der Waals surface area contributed by atoms with Gasteiger partial charge < -0.3 is 9.47 Å². The highest BCUT2D eigenvalue weighted by atomic mass is 16.5. The van der Waals surface area contributed by atoms with Gasteiger partial charge in [0.15, 0.2) is 0 Å². The van der Waals surface area contributed by atoms with Crippen LogP contribution in [0.15, 0.2) is 30.5 Å². The summed E-state index contributed by atoms with van der Waals surface area (Å²) >= 11 is 0. The second-order valence-corrected chi connectivity index (χ2v) is 9.22. The van der Waals surface area contributed by atoms with E-state index in [0.29, 0.717) is 11.9 Å². The zero-order valence-corrected chi connectivity index (χ0v) is 17.4. The third-order valence-corrected chi connectivity index (χ3v) is 6.35. The minimum atomic E-state index is -0.0587. The first-order valence-electron chi connectivity index (χ1n) is 10.3. The van der Waals surface area contributed by atoms with Crippen molar-refractivity contribution >= 4 is 0 Å². The Morgan fingerprint density at radius 1 is 1.29 bits per heavy atom. The summed E-state index contributed by atoms with van der Waals surface area (Å²) in [7, 11) is 1.87. The van der Waals surface area contributed by atoms with E-state index < -0.39 is 0 Å². The highest BCUT2D eigenvalue weighted by Gasteiger charge is 2.51. The van der Waals surface area contributed by atoms with E-state index in [1.807, 2.05) is 25.3 Å². The highest BCUT2D eigenvalue weighted by Crippen LogP contribution is 2.43. The number of ether oxygens (including phenoxy) is 2. The first-order chi connectivity index (χ1) is 13.4. The van der Waals surface area contributed by atoms with Crippen LogP contribution in [-0.4, -0.2) is 51.5 Å². The number of likely N-dealkylation sites (tertiary alicyclic amines) is 1. The molecule has 2 aliphatic rings. The van der Waals surface area contributed by atoms with Crippen molar-refractivity contribution < 1.29 is 9.47 Å². The fraction of sp³-hybridized carbons (Fsp3) is 0.636. The van der Waals surface area contributed by atoms with E-state index in [1.54, 1.807) is 6.20 Å². The number of aromatic amines is 1. The van der Waals surface area contributed by atoms with Crippen molar-refractivity contribution in [2.45, 2.75) is 76.2 Å². The van der Waals surface area contributed by atoms with Gasteiger partial charge in [0, 0.05) is 56.0 Å². The Morgan fingerprint density at radius 3 is 2.82 bits per heavy atom. The SMILES string of the molecule is CO[C@@]12CC[C@H](Oc3ccccn3)C[C@@H]1N(Cc1cc(C(C)(C)C)n[nH]1)CC2. The molecule has 1 saturated carbocycles. The summed E-state index contributed by atoms with van der Waals surface area (Å²) in [5.41, 5.74) is 2.28. The summed E-state index contributed by atoms with van der Waals surface area (Å²) in [6, 6.07) is 8.37. The molecule has 0 aromatic carbocycles. The lowest BCUT2D eigenvalue weighted by Gasteiger charge is -2.43. The molecule has 2 fully saturated rings. The number of nitrogens with one attached hydrogen (secondary N) is 1. The van der Waals surface area contributed by atoms with Crippen LogP contribution in [0.25, 0.3) is 0 Å². The number of hydrogen-bond acceptors (Lipinski definition) is 5. The van der Waals surface area contributed by atoms with Crippen molar-refractivity contribution in [3.63, 3.8) is 0 Å². The minimum Gasteiger partial charge on any atom is -0.474 e. The molecule has 1 aliphatic carbocycles. The highest BCUT2D eigenvalue weighted by molar-refractivity contribution is 5.17. The average molecular weight is 385 g/mol. The molecule has 0 spiro atoms. The van der Waals surface area contributed by atoms with Gasteiger partial charge in [0.1, 0.15) is 6.10 Å². The van der Waals surface area contributed by atoms with Crippen molar-refractivity contribution in [3.05, 3.63) is 41.9 Å². The van der Waals surface area contributed by atoms with E-state index in [4.69, 9.17) is 9.47 Å². The molecule has 4 rings (SSSR count). The Hall–Kier alpha value is -1.92. The predicted molar refractivity (Wildman–Crippen MR) is 108 cm³/mol. The van der Waals surface area contributed by atoms with Gasteiger partial charge in [-0.05, 0) is 31.4 Å². The summed E-state index contributed by atoms with van der Waals surface area (Å²) < 4.78 is 12.3. The summed E-state index contributed by atoms with van der Waals surface area (Å²) in [6.07, 6.45) is 6.03. The van der Waals surface area contributed by atoms with Gasteiger partial charge in [0.2, 0.25) is 5.88 Å². The number of H-pyrrole nitrogens is 1. The van der Waals surface area contributed by atoms with E-state index in [1.165, 1.54) is 5.69 Å². The van der Waals surface area contributed by atoms with Crippen LogP contribution >= 0.6 is 0 Å². The van der Waals surface area contributed by atoms with E-state index >= 15 is 0 Å². The molecule has 2 aromatic heterocycles. The average Bonchev–Trinajstić information content (AvgIpc) is 3.29. The molecule has 0 unspecified atom stereocenters. The van der Waals surface area contributed by atoms with Crippen molar-refractivity contribution in [1.82, 2.24) is 20.1 Å². The molecule has 3 heterocycles. The first kappa shape index (κ1) is 19.4. The molecule has 1 aliphatic heterocycles. The van der Waals surface area contributed by atoms with Gasteiger partial charge >= 0.3 is 0 Å². The first-order valence-corrected chi connectivity index (χ1v) is 10.3. The van der Waals surface area contributed by atoms with Crippen molar-refractivity contribution in [2.24, 2.45) is 0 Å². The van der Waals surface area contributed by atoms with Gasteiger partial charge in [0.25, 0.3) is 0 Å². The predicted octanol–water partition coefficient (Wildman–Crippen LogP) is 3.69. The number of pyridine rings is 1. The summed E-state index contributed by atoms with van der Waals surface area (Å²) in [5, 5.41) is 7.77. The van der Waals surface area contributed by atoms with Crippen molar-refractivity contribution in [2.75, 3.05) is 13.7 Å². The molecule has 0 bridgehead atoms. The van der Waals surface area contributed by atoms with Crippen LogP contribution in [0.4, 0.5) is 0 Å². The molecule has 1 saturated heterocycles. The summed E-state index contributed by atoms with van der Waals surface area (Å²) in [5.74, 6) is 0.713. The van der Waals surface area contributed by atoms with Crippen LogP contribution in [0, 0.1) is 0 Å². The Kier molecular flexibility index (Phi) is 5.19. The number of rotatable bonds is 5. The molecule has 0 amide bonds. The number of methoxy groups -OCH3 is 1. The molecule has 6 nitrogen and oxygen atoms in total. The maximum absolute atomic E-state index is 6.19. The van der Waals surface area contributed by atoms with Crippen LogP contribution in [0.3, 0.4) is 0 Å². The topological polar surface area (TPSA) is 63.3 Å². The van der Waals surface area contributed by atoms with Gasteiger partial charge in [-0.25, -0.2) is 4.98 Å². The van der Waals surface area contributed by atoms with E-state index in [-0.39, 0.29) is 17.1 Å². The molecule has 1 N–H and O–H groups in total. The molecule has 6 heteroatoms. The Labute approximate surface area is 167 Å². The molecule has 28 heavy (non-hydrogen) atoms. The summed E-state index contributed by atoms with van der Waals surface area (Å²) in [6.45, 7) is 8.49. The van der Waals surface area contributed by atoms with Gasteiger partial charge in [-0.3, -0.25) is 10.00 Å². The molecule has 0 radical (unpaired) electrons. The van der Waals surface area contributed by atoms with E-state index in [2.05, 4.69) is 46.9 Å². The zero-order valence-electron chi connectivity index (χ0n) is 17.4. The molecular formula is C22H32N4O2. The van der Waals surface area contributed by atoms with Crippen LogP contribution in [0.5, 0.6) is 5.88 Å². The van der Waals surface area contributed by atoms with Gasteiger partial charge in [-0.1, -0.05) is 26.8 Å². The van der Waals surface area contributed by atoms with Crippen molar-refractivity contribution in [1.29, 1.82) is 0 Å². The Morgan fingerprint density at radius 2 is 2.14 bits per heavy atom. The van der Waals surface area contributed by atoms with Gasteiger partial charge in [-0.2, -0.15) is 5.10 Å². The van der Waals surface area contributed by atoms with E-state index in [0.717, 1.165) is 44.5 Å². The monoisotopic (exact) mass is 384 g/mol. The Bertz CT molecular complexity index is 785. The molecule has 2 aromatic rings. The number of hydrogen-bond donors (Lipinski definition) is 1. The zero-order chi connectivity index (χ0) is 19.8. The standard InChI is InChI=1S/C22H32N4O2/c1-21(2,3)18-13-16(24-25-18)15-26-12-10-22(27-4)9-8-17(14-19(22)26)28-20-7-5-6-11-23-20/h5-7,11,13,17,19H,8-10,12,14-15H2,1-4H3,(H,24,25)/t17-,19-,22+/m0/s1. The maximum Gasteiger partial charge on any atom is 0.213 e. The van der Waals surface area contributed by atoms with Crippen LogP contribution in [-0.2, 0) is 16.7 Å². The molecule has 152 valence electrons. The molecular weight excluding hydrogens is 352 g/mol. The second kappa shape index (κ2) is 7.48. The van der Waals surface area contributed by atoms with Gasteiger partial charge in [-0.15, -0.1) is 0 Å². The van der Waals surface area contributed by atoms with Gasteiger partial charge in [0.05, 0.1) is 11.3 Å². The fourth-order valence-corrected chi connectivity index (χ4v) is 4.69. The third-order valence-electron chi connectivity index (χ3n) is 6.35. The number of nitrogens with zero attached hydrogens (tertiary/aromatic N) is 3. The lowest BCUT2D eigenvalue weighted by Crippen LogP contribution is -2.52. The second-order valence-electron chi connectivity index (χ2n) is 9.22. The largest absolute Gasteiger partial charge is 0.474 e. The maximum atomic E-state index is 6.19. The lowest BCUT2D eigenvalue weighted by molar-refractivity contribution is -0.0844. The molecule has 3 atom stereocenters. The summed E-state index contributed by atoms with van der Waals surface area (Å²) in [4.78, 5) is 6.87. The van der Waals surface area contributed by atoms with E-state index in [9.17, 15) is 0 Å². The number of aromatic nitrogens is 3. The minimum absolute atomic E-state index is 0.0580. The van der Waals surface area contributed by atoms with Crippen LogP contribution in [0.1, 0.15) is 57.8 Å². The lowest BCUT2D eigenvalue weighted by atomic mass is 9.79. The number of fused-ring (bicyclic) bond motifs is 1. The third kappa shape index (κ3) is 3.80. The quantitative estimate of drug-likeness (QED) is 0.852. The van der Waals surface area contributed by atoms with Crippen molar-refractivity contribution in [3.8, 4) is 5.88 Å². The Balaban J connectivity index is 1.47. The van der Waals surface area contributed by atoms with Crippen LogP contribution in [0.2, 0.25) is 0 Å². The fourth-order valence-electron chi connectivity index (χ4n) is 4.69.